The summed E-state index contributed by atoms with van der Waals surface area (Å²) in [5.74, 6) is 1.70. The molecule has 0 aliphatic heterocycles. The van der Waals surface area contributed by atoms with Crippen molar-refractivity contribution < 1.29 is 33.9 Å². The molecule has 90 heavy (non-hydrogen) atoms. The largest absolute Gasteiger partial charge is 0.481 e. The Kier molecular flexibility index (Phi) is 36.7. The number of hydrogen-bond donors (Lipinski definition) is 2. The van der Waals surface area contributed by atoms with E-state index in [4.69, 9.17) is 73.6 Å². The second-order valence-electron chi connectivity index (χ2n) is 23.2. The van der Waals surface area contributed by atoms with Gasteiger partial charge in [-0.3, -0.25) is 19.2 Å². The van der Waals surface area contributed by atoms with E-state index in [0.29, 0.717) is 61.4 Å². The number of aryl methyl sites for hydroxylation is 4. The summed E-state index contributed by atoms with van der Waals surface area (Å²) in [6.07, 6.45) is 19.1. The van der Waals surface area contributed by atoms with Gasteiger partial charge >= 0.3 is 0 Å². The minimum Gasteiger partial charge on any atom is -0.481 e. The summed E-state index contributed by atoms with van der Waals surface area (Å²) in [6, 6.07) is 38.8. The second-order valence-corrected chi connectivity index (χ2v) is 25.4. The van der Waals surface area contributed by atoms with Crippen LogP contribution < -0.4 is 5.73 Å². The third-order valence-corrected chi connectivity index (χ3v) is 16.9. The molecule has 7 aromatic rings. The standard InChI is InChI=1S/C20H24ClNO.C19H22ClNO.C12H12ClN.C7H11ClO.C6H6ClN.C6H10O2.C2H4O2.2CH4/c1-14-12-19(20(23)13-16-6-4-3-5-7-16)15(2)22(14)18-10-8-17(21)9-11-18;1-13-11-18(19(22)12-15-5-3-4-6-15)14(2)21(13)17-9-7-16(20)8-10-17;1-9-3-4-10(2)14(9)12-7-5-11(13)6-8-12;8-7(9)5-6-3-1-2-4-6;7-5-1-3-6(8)4-2-5;1-5(7)3-4-6(2)8;1-2(3)4;;/h8-12,16H,3-7,13H2,1-2H3;7-11,15H,3-6,12H2,1-2H3;3-8H,1-2H3;6H,1-5H2;1-4H,8H2;3-4H2,1-2H3;1H3,(H,3,4);2*1H4. The van der Waals surface area contributed by atoms with Crippen LogP contribution >= 0.6 is 58.0 Å². The van der Waals surface area contributed by atoms with Gasteiger partial charge in [-0.15, -0.1) is 0 Å². The van der Waals surface area contributed by atoms with Gasteiger partial charge in [0.2, 0.25) is 5.24 Å². The molecule has 0 amide bonds. The normalized spacial score (nSPS) is 13.4. The molecule has 10 rings (SSSR count). The number of anilines is 1. The number of nitrogen functional groups attached to an aromatic ring is 1. The molecule has 0 bridgehead atoms. The molecule has 0 atom stereocenters. The first kappa shape index (κ1) is 79.9. The zero-order valence-electron chi connectivity index (χ0n) is 52.7. The van der Waals surface area contributed by atoms with Gasteiger partial charge in [0.05, 0.1) is 0 Å². The molecular weight excluding hydrogens is 1230 g/mol. The predicted octanol–water partition coefficient (Wildman–Crippen LogP) is 21.7. The Balaban J connectivity index is 0.000000380. The Morgan fingerprint density at radius 2 is 0.689 bits per heavy atom. The number of aromatic nitrogens is 3. The fourth-order valence-corrected chi connectivity index (χ4v) is 12.1. The van der Waals surface area contributed by atoms with Crippen molar-refractivity contribution in [3.63, 3.8) is 0 Å². The SMILES string of the molecule is C.C.CC(=O)CCC(C)=O.CC(=O)O.Cc1cc(C(=O)CC2CCCC2)c(C)n1-c1ccc(Cl)cc1.Cc1cc(C(=O)CC2CCCCC2)c(C)n1-c1ccc(Cl)cc1.Cc1ccc(C)n1-c1ccc(Cl)cc1.Nc1ccc(Cl)cc1.O=C(Cl)CC1CCCC1. The third kappa shape index (κ3) is 28.1. The molecule has 0 radical (unpaired) electrons. The number of rotatable bonds is 14. The lowest BCUT2D eigenvalue weighted by Gasteiger charge is -2.20. The summed E-state index contributed by atoms with van der Waals surface area (Å²) >= 11 is 28.6. The number of nitrogens with zero attached hydrogens (tertiary/aromatic N) is 3. The van der Waals surface area contributed by atoms with Crippen LogP contribution in [0.5, 0.6) is 0 Å². The van der Waals surface area contributed by atoms with Gasteiger partial charge in [0.15, 0.2) is 11.6 Å². The Labute approximate surface area is 562 Å². The predicted molar refractivity (Wildman–Crippen MR) is 378 cm³/mol. The highest BCUT2D eigenvalue weighted by Gasteiger charge is 2.24. The summed E-state index contributed by atoms with van der Waals surface area (Å²) in [6.45, 7) is 16.4. The maximum atomic E-state index is 12.8. The van der Waals surface area contributed by atoms with Crippen molar-refractivity contribution in [2.75, 3.05) is 5.73 Å². The Morgan fingerprint density at radius 1 is 0.422 bits per heavy atom. The smallest absolute Gasteiger partial charge is 0.300 e. The van der Waals surface area contributed by atoms with Gasteiger partial charge in [0.25, 0.3) is 5.97 Å². The number of halogens is 5. The monoisotopic (exact) mass is 1330 g/mol. The number of benzene rings is 4. The average Bonchev–Trinajstić information content (AvgIpc) is 1.74. The van der Waals surface area contributed by atoms with E-state index in [-0.39, 0.29) is 31.7 Å². The molecule has 490 valence electrons. The van der Waals surface area contributed by atoms with E-state index in [0.717, 1.165) is 83.7 Å². The van der Waals surface area contributed by atoms with E-state index in [1.165, 1.54) is 109 Å². The number of Topliss-reactive ketones (excluding diaryl/α,β-unsaturated/α-hetero) is 4. The van der Waals surface area contributed by atoms with Crippen LogP contribution in [0.1, 0.15) is 206 Å². The lowest BCUT2D eigenvalue weighted by molar-refractivity contribution is -0.134. The number of carbonyl (C=O) groups is 6. The van der Waals surface area contributed by atoms with E-state index in [2.05, 4.69) is 46.6 Å². The van der Waals surface area contributed by atoms with Gasteiger partial charge in [0, 0.05) is 127 Å². The first-order valence-corrected chi connectivity index (χ1v) is 32.4. The van der Waals surface area contributed by atoms with E-state index < -0.39 is 5.97 Å². The van der Waals surface area contributed by atoms with Crippen molar-refractivity contribution in [3.05, 3.63) is 187 Å². The van der Waals surface area contributed by atoms with Crippen LogP contribution in [0, 0.1) is 59.3 Å². The Hall–Kier alpha value is -6.21. The molecule has 16 heteroatoms. The molecule has 0 saturated heterocycles. The van der Waals surface area contributed by atoms with E-state index in [9.17, 15) is 24.0 Å². The minimum absolute atomic E-state index is 0. The van der Waals surface area contributed by atoms with Crippen LogP contribution in [0.2, 0.25) is 20.1 Å². The summed E-state index contributed by atoms with van der Waals surface area (Å²) in [5, 5.41) is 10.2. The summed E-state index contributed by atoms with van der Waals surface area (Å²) in [5.41, 5.74) is 17.9. The van der Waals surface area contributed by atoms with Gasteiger partial charge < -0.3 is 34.1 Å². The minimum atomic E-state index is -0.833. The zero-order valence-corrected chi connectivity index (χ0v) is 56.5. The van der Waals surface area contributed by atoms with Crippen molar-refractivity contribution in [2.45, 2.75) is 193 Å². The van der Waals surface area contributed by atoms with Gasteiger partial charge in [0.1, 0.15) is 11.6 Å². The molecule has 3 aliphatic carbocycles. The molecule has 3 aromatic heterocycles. The van der Waals surface area contributed by atoms with Crippen LogP contribution in [0.3, 0.4) is 0 Å². The highest BCUT2D eigenvalue weighted by Crippen LogP contribution is 2.33. The number of nitrogens with two attached hydrogens (primary N) is 1. The zero-order chi connectivity index (χ0) is 65.0. The molecule has 3 saturated carbocycles. The number of aliphatic carboxylic acids is 1. The van der Waals surface area contributed by atoms with Crippen molar-refractivity contribution in [1.29, 1.82) is 0 Å². The van der Waals surface area contributed by atoms with Crippen LogP contribution in [0.25, 0.3) is 17.1 Å². The molecule has 3 aliphatic rings. The van der Waals surface area contributed by atoms with Gasteiger partial charge in [-0.2, -0.15) is 0 Å². The van der Waals surface area contributed by atoms with E-state index >= 15 is 0 Å². The fraction of sp³-hybridized carbons (Fsp3) is 0.432. The molecule has 0 unspecified atom stereocenters. The highest BCUT2D eigenvalue weighted by atomic mass is 35.5. The fourth-order valence-electron chi connectivity index (χ4n) is 11.3. The molecule has 4 aromatic carbocycles. The highest BCUT2D eigenvalue weighted by molar-refractivity contribution is 6.63. The molecule has 3 fully saturated rings. The molecular formula is C74H97Cl5N4O7. The maximum absolute atomic E-state index is 12.8. The molecule has 3 N–H and O–H groups in total. The quantitative estimate of drug-likeness (QED) is 0.0617. The van der Waals surface area contributed by atoms with E-state index in [1.54, 1.807) is 24.3 Å². The Bertz CT molecular complexity index is 3270. The summed E-state index contributed by atoms with van der Waals surface area (Å²) in [7, 11) is 0. The number of ketones is 4. The first-order valence-electron chi connectivity index (χ1n) is 30.5. The van der Waals surface area contributed by atoms with Crippen molar-refractivity contribution in [2.24, 2.45) is 17.8 Å². The van der Waals surface area contributed by atoms with Crippen molar-refractivity contribution >= 4 is 98.0 Å². The average molecular weight is 1330 g/mol. The number of carboxylic acid groups (broad SMARTS) is 1. The summed E-state index contributed by atoms with van der Waals surface area (Å²) < 4.78 is 6.49. The van der Waals surface area contributed by atoms with E-state index in [1.807, 2.05) is 106 Å². The number of carbonyl (C=O) groups excluding carboxylic acids is 5. The lowest BCUT2D eigenvalue weighted by atomic mass is 9.85. The van der Waals surface area contributed by atoms with Crippen LogP contribution in [0.4, 0.5) is 5.69 Å². The Morgan fingerprint density at radius 3 is 0.967 bits per heavy atom. The summed E-state index contributed by atoms with van der Waals surface area (Å²) in [4.78, 5) is 65.1. The number of carboxylic acids is 1. The van der Waals surface area contributed by atoms with Crippen LogP contribution in [0.15, 0.2) is 121 Å². The van der Waals surface area contributed by atoms with Gasteiger partial charge in [-0.1, -0.05) is 132 Å². The van der Waals surface area contributed by atoms with Gasteiger partial charge in [-0.05, 0) is 219 Å². The third-order valence-electron chi connectivity index (χ3n) is 15.8. The van der Waals surface area contributed by atoms with Gasteiger partial charge in [-0.25, -0.2) is 0 Å². The number of hydrogen-bond acceptors (Lipinski definition) is 7. The topological polar surface area (TPSA) is 163 Å². The molecule has 11 nitrogen and oxygen atoms in total. The molecule has 0 spiro atoms. The van der Waals surface area contributed by atoms with Crippen LogP contribution in [-0.2, 0) is 19.2 Å². The van der Waals surface area contributed by atoms with Crippen molar-refractivity contribution in [3.8, 4) is 17.1 Å². The first-order chi connectivity index (χ1) is 41.7. The van der Waals surface area contributed by atoms with Crippen LogP contribution in [-0.4, -0.2) is 53.2 Å². The maximum Gasteiger partial charge on any atom is 0.300 e. The lowest BCUT2D eigenvalue weighted by Crippen LogP contribution is -2.13. The van der Waals surface area contributed by atoms with Crippen molar-refractivity contribution in [1.82, 2.24) is 13.7 Å². The second kappa shape index (κ2) is 41.3. The molecule has 3 heterocycles.